The third kappa shape index (κ3) is 5.47. The smallest absolute Gasteiger partial charge is 0.341 e. The summed E-state index contributed by atoms with van der Waals surface area (Å²) in [6, 6.07) is 11.2. The van der Waals surface area contributed by atoms with Crippen molar-refractivity contribution in [2.24, 2.45) is 4.99 Å². The maximum atomic E-state index is 11.9. The lowest BCUT2D eigenvalue weighted by molar-refractivity contribution is 0.0597. The van der Waals surface area contributed by atoms with E-state index in [1.54, 1.807) is 25.4 Å². The second kappa shape index (κ2) is 10.0. The van der Waals surface area contributed by atoms with Crippen molar-refractivity contribution in [1.29, 1.82) is 0 Å². The van der Waals surface area contributed by atoms with Gasteiger partial charge >= 0.3 is 5.97 Å². The van der Waals surface area contributed by atoms with Crippen molar-refractivity contribution in [3.8, 4) is 5.75 Å². The first-order chi connectivity index (χ1) is 12.7. The number of pyridine rings is 1. The summed E-state index contributed by atoms with van der Waals surface area (Å²) in [4.78, 5) is 20.3. The van der Waals surface area contributed by atoms with Crippen LogP contribution in [0.5, 0.6) is 5.75 Å². The van der Waals surface area contributed by atoms with Crippen LogP contribution in [0.25, 0.3) is 0 Å². The van der Waals surface area contributed by atoms with Gasteiger partial charge in [-0.15, -0.1) is 0 Å². The number of guanidine groups is 1. The number of aliphatic imine (C=N–C) groups is 1. The van der Waals surface area contributed by atoms with Gasteiger partial charge in [0.05, 0.1) is 14.2 Å². The molecule has 138 valence electrons. The van der Waals surface area contributed by atoms with Crippen molar-refractivity contribution in [1.82, 2.24) is 15.6 Å². The molecule has 7 heteroatoms. The third-order valence-electron chi connectivity index (χ3n) is 3.75. The van der Waals surface area contributed by atoms with Crippen LogP contribution in [-0.2, 0) is 17.7 Å². The van der Waals surface area contributed by atoms with Gasteiger partial charge in [0.1, 0.15) is 11.3 Å². The zero-order chi connectivity index (χ0) is 18.8. The average molecular weight is 356 g/mol. The number of ether oxygens (including phenoxy) is 2. The summed E-state index contributed by atoms with van der Waals surface area (Å²) in [7, 11) is 4.58. The van der Waals surface area contributed by atoms with E-state index < -0.39 is 5.97 Å². The van der Waals surface area contributed by atoms with Crippen LogP contribution in [0.1, 0.15) is 21.6 Å². The summed E-state index contributed by atoms with van der Waals surface area (Å²) in [6.45, 7) is 1.23. The van der Waals surface area contributed by atoms with Crippen LogP contribution in [-0.4, -0.2) is 44.7 Å². The highest BCUT2D eigenvalue weighted by Crippen LogP contribution is 2.20. The van der Waals surface area contributed by atoms with Crippen molar-refractivity contribution in [3.05, 3.63) is 59.4 Å². The van der Waals surface area contributed by atoms with E-state index in [2.05, 4.69) is 20.6 Å². The minimum Gasteiger partial charge on any atom is -0.496 e. The molecular weight excluding hydrogens is 332 g/mol. The predicted molar refractivity (Wildman–Crippen MR) is 100 cm³/mol. The van der Waals surface area contributed by atoms with Crippen molar-refractivity contribution < 1.29 is 14.3 Å². The van der Waals surface area contributed by atoms with Gasteiger partial charge in [-0.3, -0.25) is 9.98 Å². The summed E-state index contributed by atoms with van der Waals surface area (Å²) in [5.74, 6) is 0.733. The number of hydrogen-bond donors (Lipinski definition) is 2. The van der Waals surface area contributed by atoms with Crippen LogP contribution in [0.15, 0.2) is 47.6 Å². The molecule has 7 nitrogen and oxygen atoms in total. The van der Waals surface area contributed by atoms with Crippen LogP contribution < -0.4 is 15.4 Å². The highest BCUT2D eigenvalue weighted by molar-refractivity contribution is 5.92. The molecule has 1 aromatic carbocycles. The molecule has 0 saturated heterocycles. The number of nitrogens with one attached hydrogen (secondary N) is 2. The number of rotatable bonds is 7. The van der Waals surface area contributed by atoms with Crippen molar-refractivity contribution in [2.75, 3.05) is 27.8 Å². The van der Waals surface area contributed by atoms with E-state index in [1.807, 2.05) is 24.3 Å². The molecular formula is C19H24N4O3. The Morgan fingerprint density at radius 1 is 1.19 bits per heavy atom. The fraction of sp³-hybridized carbons (Fsp3) is 0.316. The Bertz CT molecular complexity index is 748. The molecule has 2 N–H and O–H groups in total. The van der Waals surface area contributed by atoms with E-state index >= 15 is 0 Å². The molecule has 0 unspecified atom stereocenters. The molecule has 1 aromatic heterocycles. The van der Waals surface area contributed by atoms with Crippen LogP contribution >= 0.6 is 0 Å². The summed E-state index contributed by atoms with van der Waals surface area (Å²) in [5.41, 5.74) is 2.33. The molecule has 0 atom stereocenters. The fourth-order valence-electron chi connectivity index (χ4n) is 2.40. The summed E-state index contributed by atoms with van der Waals surface area (Å²) >= 11 is 0. The first-order valence-electron chi connectivity index (χ1n) is 8.27. The monoisotopic (exact) mass is 356 g/mol. The number of aromatic nitrogens is 1. The number of hydrogen-bond acceptors (Lipinski definition) is 5. The van der Waals surface area contributed by atoms with E-state index in [0.717, 1.165) is 17.7 Å². The molecule has 2 aromatic rings. The zero-order valence-corrected chi connectivity index (χ0v) is 15.3. The maximum absolute atomic E-state index is 11.9. The summed E-state index contributed by atoms with van der Waals surface area (Å²) in [6.07, 6.45) is 2.58. The third-order valence-corrected chi connectivity index (χ3v) is 3.75. The molecule has 1 heterocycles. The van der Waals surface area contributed by atoms with Gasteiger partial charge in [0.15, 0.2) is 5.96 Å². The number of benzene rings is 1. The van der Waals surface area contributed by atoms with Crippen molar-refractivity contribution in [2.45, 2.75) is 13.0 Å². The number of nitrogens with zero attached hydrogens (tertiary/aromatic N) is 2. The lowest BCUT2D eigenvalue weighted by Crippen LogP contribution is -2.37. The van der Waals surface area contributed by atoms with Gasteiger partial charge in [-0.05, 0) is 29.8 Å². The molecule has 2 rings (SSSR count). The quantitative estimate of drug-likeness (QED) is 0.447. The maximum Gasteiger partial charge on any atom is 0.341 e. The van der Waals surface area contributed by atoms with E-state index in [1.165, 1.54) is 14.2 Å². The molecule has 0 aliphatic heterocycles. The van der Waals surface area contributed by atoms with E-state index in [9.17, 15) is 4.79 Å². The highest BCUT2D eigenvalue weighted by Gasteiger charge is 2.13. The molecule has 0 aliphatic rings. The second-order valence-electron chi connectivity index (χ2n) is 5.45. The lowest BCUT2D eigenvalue weighted by Gasteiger charge is -2.13. The van der Waals surface area contributed by atoms with Crippen LogP contribution in [0, 0.1) is 0 Å². The first-order valence-corrected chi connectivity index (χ1v) is 8.27. The highest BCUT2D eigenvalue weighted by atomic mass is 16.5. The van der Waals surface area contributed by atoms with E-state index in [4.69, 9.17) is 9.47 Å². The average Bonchev–Trinajstić information content (AvgIpc) is 2.70. The summed E-state index contributed by atoms with van der Waals surface area (Å²) in [5, 5.41) is 6.46. The number of carbonyl (C=O) groups excluding carboxylic acids is 1. The Kier molecular flexibility index (Phi) is 7.42. The molecule has 0 radical (unpaired) electrons. The second-order valence-corrected chi connectivity index (χ2v) is 5.45. The Labute approximate surface area is 153 Å². The van der Waals surface area contributed by atoms with Crippen LogP contribution in [0.2, 0.25) is 0 Å². The standard InChI is InChI=1S/C19H24N4O3/c1-20-19(22-11-9-15-6-4-5-10-21-15)23-13-14-7-8-17(25-2)16(12-14)18(24)26-3/h4-8,10,12H,9,11,13H2,1-3H3,(H2,20,22,23). The largest absolute Gasteiger partial charge is 0.496 e. The van der Waals surface area contributed by atoms with Gasteiger partial charge in [-0.1, -0.05) is 12.1 Å². The van der Waals surface area contributed by atoms with Crippen molar-refractivity contribution >= 4 is 11.9 Å². The Hall–Kier alpha value is -3.09. The SMILES string of the molecule is CN=C(NCCc1ccccn1)NCc1ccc(OC)c(C(=O)OC)c1. The molecule has 26 heavy (non-hydrogen) atoms. The Balaban J connectivity index is 1.90. The molecule has 0 spiro atoms. The normalized spacial score (nSPS) is 11.0. The zero-order valence-electron chi connectivity index (χ0n) is 15.3. The fourth-order valence-corrected chi connectivity index (χ4v) is 2.40. The summed E-state index contributed by atoms with van der Waals surface area (Å²) < 4.78 is 10.00. The topological polar surface area (TPSA) is 84.8 Å². The van der Waals surface area contributed by atoms with Gasteiger partial charge in [0, 0.05) is 38.4 Å². The van der Waals surface area contributed by atoms with Crippen LogP contribution in [0.3, 0.4) is 0 Å². The molecule has 0 bridgehead atoms. The van der Waals surface area contributed by atoms with E-state index in [0.29, 0.717) is 30.4 Å². The molecule has 0 aliphatic carbocycles. The lowest BCUT2D eigenvalue weighted by atomic mass is 10.1. The van der Waals surface area contributed by atoms with Gasteiger partial charge in [0.2, 0.25) is 0 Å². The molecule has 0 amide bonds. The van der Waals surface area contributed by atoms with E-state index in [-0.39, 0.29) is 0 Å². The number of carbonyl (C=O) groups is 1. The number of esters is 1. The predicted octanol–water partition coefficient (Wildman–Crippen LogP) is 1.78. The van der Waals surface area contributed by atoms with Crippen molar-refractivity contribution in [3.63, 3.8) is 0 Å². The molecule has 0 saturated carbocycles. The Morgan fingerprint density at radius 2 is 2.04 bits per heavy atom. The van der Waals surface area contributed by atoms with Gasteiger partial charge in [-0.2, -0.15) is 0 Å². The van der Waals surface area contributed by atoms with Gasteiger partial charge in [-0.25, -0.2) is 4.79 Å². The minimum atomic E-state index is -0.429. The Morgan fingerprint density at radius 3 is 2.69 bits per heavy atom. The minimum absolute atomic E-state index is 0.396. The van der Waals surface area contributed by atoms with Gasteiger partial charge in [0.25, 0.3) is 0 Å². The number of methoxy groups -OCH3 is 2. The van der Waals surface area contributed by atoms with Gasteiger partial charge < -0.3 is 20.1 Å². The van der Waals surface area contributed by atoms with Crippen LogP contribution in [0.4, 0.5) is 0 Å². The molecule has 0 fully saturated rings. The first kappa shape index (κ1) is 19.2.